The fraction of sp³-hybridized carbons (Fsp3) is 0.462. The van der Waals surface area contributed by atoms with E-state index < -0.39 is 8.25 Å². The number of carbonyl (C=O) groups is 1. The maximum Gasteiger partial charge on any atom is 0.697 e. The number of amides is 1. The van der Waals surface area contributed by atoms with Crippen LogP contribution in [0.1, 0.15) is 10.4 Å². The highest BCUT2D eigenvalue weighted by atomic mass is 31.1. The van der Waals surface area contributed by atoms with Gasteiger partial charge in [0, 0.05) is 16.7 Å². The van der Waals surface area contributed by atoms with E-state index in [0.717, 1.165) is 0 Å². The van der Waals surface area contributed by atoms with Gasteiger partial charge in [0.15, 0.2) is 0 Å². The van der Waals surface area contributed by atoms with Gasteiger partial charge >= 0.3 is 8.25 Å². The highest BCUT2D eigenvalue weighted by Gasteiger charge is 2.15. The predicted molar refractivity (Wildman–Crippen MR) is 76.7 cm³/mol. The molecule has 1 atom stereocenters. The maximum absolute atomic E-state index is 11.8. The summed E-state index contributed by atoms with van der Waals surface area (Å²) in [5.41, 5.74) is 0.552. The molecule has 116 valence electrons. The van der Waals surface area contributed by atoms with Gasteiger partial charge in [0.1, 0.15) is 12.4 Å². The summed E-state index contributed by atoms with van der Waals surface area (Å²) in [4.78, 5) is 11.8. The topological polar surface area (TPSA) is 83.1 Å². The molecule has 0 saturated carbocycles. The number of hydrogen-bond acceptors (Lipinski definition) is 6. The van der Waals surface area contributed by atoms with Gasteiger partial charge in [0.25, 0.3) is 5.91 Å². The van der Waals surface area contributed by atoms with Crippen molar-refractivity contribution in [2.75, 3.05) is 40.6 Å². The first kappa shape index (κ1) is 17.5. The number of carbonyl (C=O) groups excluding carboxylic acids is 1. The van der Waals surface area contributed by atoms with Crippen LogP contribution in [0.4, 0.5) is 0 Å². The molecule has 0 fully saturated rings. The largest absolute Gasteiger partial charge is 0.697 e. The molecule has 0 saturated heterocycles. The molecule has 1 amide bonds. The lowest BCUT2D eigenvalue weighted by atomic mass is 10.2. The molecule has 0 heterocycles. The number of hydrogen-bond donors (Lipinski definition) is 1. The fourth-order valence-corrected chi connectivity index (χ4v) is 1.74. The van der Waals surface area contributed by atoms with E-state index >= 15 is 0 Å². The lowest BCUT2D eigenvalue weighted by molar-refractivity contribution is 0.0858. The number of methoxy groups -OCH3 is 1. The van der Waals surface area contributed by atoms with Crippen molar-refractivity contribution in [3.63, 3.8) is 0 Å². The van der Waals surface area contributed by atoms with Crippen molar-refractivity contribution in [1.82, 2.24) is 5.32 Å². The van der Waals surface area contributed by atoms with Crippen LogP contribution in [0.5, 0.6) is 5.75 Å². The molecule has 0 spiro atoms. The van der Waals surface area contributed by atoms with Gasteiger partial charge in [-0.15, -0.1) is 9.05 Å². The summed E-state index contributed by atoms with van der Waals surface area (Å²) in [6.07, 6.45) is 0. The third kappa shape index (κ3) is 7.15. The fourth-order valence-electron chi connectivity index (χ4n) is 1.41. The summed E-state index contributed by atoms with van der Waals surface area (Å²) in [5, 5.41) is 2.72. The Morgan fingerprint density at radius 2 is 1.86 bits per heavy atom. The number of rotatable bonds is 10. The molecule has 0 aliphatic rings. The van der Waals surface area contributed by atoms with Crippen LogP contribution < -0.4 is 10.1 Å². The first-order valence-electron chi connectivity index (χ1n) is 6.31. The molecular weight excluding hydrogens is 297 g/mol. The highest BCUT2D eigenvalue weighted by molar-refractivity contribution is 7.33. The standard InChI is InChI=1S/C13H18NO6P/c1-17-12-5-3-11(4-6-12)13(15)14-7-8-19-9-10-20-21(16)18-2/h3-6H,7-10H2,1-2H3/p+1. The van der Waals surface area contributed by atoms with Crippen LogP contribution in [0.15, 0.2) is 24.3 Å². The van der Waals surface area contributed by atoms with E-state index in [9.17, 15) is 9.36 Å². The Kier molecular flexibility index (Phi) is 8.54. The molecule has 8 heteroatoms. The van der Waals surface area contributed by atoms with E-state index in [1.165, 1.54) is 7.11 Å². The van der Waals surface area contributed by atoms with Crippen molar-refractivity contribution in [3.8, 4) is 5.75 Å². The summed E-state index contributed by atoms with van der Waals surface area (Å²) >= 11 is 0. The molecule has 0 aromatic heterocycles. The SMILES string of the molecule is COc1ccc(C(=O)NCCOCCO[P+](=O)OC)cc1. The normalized spacial score (nSPS) is 11.0. The summed E-state index contributed by atoms with van der Waals surface area (Å²) in [7, 11) is 0.811. The van der Waals surface area contributed by atoms with Crippen LogP contribution >= 0.6 is 8.25 Å². The van der Waals surface area contributed by atoms with Gasteiger partial charge in [-0.3, -0.25) is 4.79 Å². The summed E-state index contributed by atoms with van der Waals surface area (Å²) in [5.74, 6) is 0.518. The van der Waals surface area contributed by atoms with Crippen LogP contribution in [0.2, 0.25) is 0 Å². The lowest BCUT2D eigenvalue weighted by Crippen LogP contribution is -2.27. The van der Waals surface area contributed by atoms with Gasteiger partial charge in [0.2, 0.25) is 0 Å². The molecule has 0 bridgehead atoms. The van der Waals surface area contributed by atoms with Gasteiger partial charge < -0.3 is 14.8 Å². The minimum Gasteiger partial charge on any atom is -0.497 e. The first-order chi connectivity index (χ1) is 10.2. The van der Waals surface area contributed by atoms with Crippen molar-refractivity contribution >= 4 is 14.2 Å². The second kappa shape index (κ2) is 10.2. The third-order valence-corrected chi connectivity index (χ3v) is 3.15. The quantitative estimate of drug-likeness (QED) is 0.523. The van der Waals surface area contributed by atoms with Crippen molar-refractivity contribution in [1.29, 1.82) is 0 Å². The Morgan fingerprint density at radius 1 is 1.14 bits per heavy atom. The van der Waals surface area contributed by atoms with Crippen LogP contribution in [0, 0.1) is 0 Å². The average molecular weight is 316 g/mol. The molecule has 0 aliphatic carbocycles. The van der Waals surface area contributed by atoms with E-state index in [1.54, 1.807) is 31.4 Å². The van der Waals surface area contributed by atoms with Crippen LogP contribution in [-0.4, -0.2) is 46.5 Å². The Hall–Kier alpha value is -1.53. The Labute approximate surface area is 124 Å². The van der Waals surface area contributed by atoms with Gasteiger partial charge in [0.05, 0.1) is 27.4 Å². The zero-order valence-corrected chi connectivity index (χ0v) is 12.9. The molecule has 1 N–H and O–H groups in total. The minimum atomic E-state index is -2.06. The first-order valence-corrected chi connectivity index (χ1v) is 7.41. The van der Waals surface area contributed by atoms with Gasteiger partial charge in [-0.2, -0.15) is 0 Å². The predicted octanol–water partition coefficient (Wildman–Crippen LogP) is 1.76. The van der Waals surface area contributed by atoms with E-state index in [1.807, 2.05) is 0 Å². The van der Waals surface area contributed by atoms with Crippen LogP contribution in [-0.2, 0) is 18.3 Å². The Bertz CT molecular complexity index is 450. The average Bonchev–Trinajstić information content (AvgIpc) is 2.53. The van der Waals surface area contributed by atoms with Gasteiger partial charge in [-0.25, -0.2) is 0 Å². The van der Waals surface area contributed by atoms with Gasteiger partial charge in [-0.1, -0.05) is 0 Å². The summed E-state index contributed by atoms with van der Waals surface area (Å²) in [6.45, 7) is 1.18. The zero-order valence-electron chi connectivity index (χ0n) is 12.0. The molecule has 1 rings (SSSR count). The summed E-state index contributed by atoms with van der Waals surface area (Å²) in [6, 6.07) is 6.81. The highest BCUT2D eigenvalue weighted by Crippen LogP contribution is 2.20. The second-order valence-corrected chi connectivity index (χ2v) is 4.91. The molecule has 21 heavy (non-hydrogen) atoms. The third-order valence-electron chi connectivity index (χ3n) is 2.46. The van der Waals surface area contributed by atoms with Crippen molar-refractivity contribution < 1.29 is 27.9 Å². The monoisotopic (exact) mass is 316 g/mol. The lowest BCUT2D eigenvalue weighted by Gasteiger charge is -2.06. The molecule has 0 radical (unpaired) electrons. The van der Waals surface area contributed by atoms with Crippen molar-refractivity contribution in [3.05, 3.63) is 29.8 Å². The number of ether oxygens (including phenoxy) is 2. The molecule has 1 unspecified atom stereocenters. The number of nitrogens with one attached hydrogen (secondary N) is 1. The Balaban J connectivity index is 2.11. The molecular formula is C13H19NO6P+. The molecule has 1 aromatic rings. The second-order valence-electron chi connectivity index (χ2n) is 3.84. The van der Waals surface area contributed by atoms with Crippen LogP contribution in [0.25, 0.3) is 0 Å². The van der Waals surface area contributed by atoms with Crippen LogP contribution in [0.3, 0.4) is 0 Å². The van der Waals surface area contributed by atoms with E-state index in [0.29, 0.717) is 24.5 Å². The molecule has 1 aromatic carbocycles. The smallest absolute Gasteiger partial charge is 0.497 e. The Morgan fingerprint density at radius 3 is 2.48 bits per heavy atom. The van der Waals surface area contributed by atoms with Crippen molar-refractivity contribution in [2.45, 2.75) is 0 Å². The molecule has 7 nitrogen and oxygen atoms in total. The van der Waals surface area contributed by atoms with Gasteiger partial charge in [-0.05, 0) is 24.3 Å². The van der Waals surface area contributed by atoms with E-state index in [2.05, 4.69) is 9.84 Å². The minimum absolute atomic E-state index is 0.176. The van der Waals surface area contributed by atoms with Crippen molar-refractivity contribution in [2.24, 2.45) is 0 Å². The maximum atomic E-state index is 11.8. The van der Waals surface area contributed by atoms with E-state index in [-0.39, 0.29) is 19.1 Å². The zero-order chi connectivity index (χ0) is 15.5. The number of benzene rings is 1. The summed E-state index contributed by atoms with van der Waals surface area (Å²) < 4.78 is 30.2. The molecule has 0 aliphatic heterocycles. The van der Waals surface area contributed by atoms with E-state index in [4.69, 9.17) is 14.0 Å².